The fourth-order valence-electron chi connectivity index (χ4n) is 2.08. The second-order valence-corrected chi connectivity index (χ2v) is 5.36. The third-order valence-corrected chi connectivity index (χ3v) is 4.12. The first-order valence-electron chi connectivity index (χ1n) is 6.02. The largest absolute Gasteiger partial charge is 0.309 e. The zero-order valence-corrected chi connectivity index (χ0v) is 10.2. The summed E-state index contributed by atoms with van der Waals surface area (Å²) < 4.78 is 0. The molecule has 1 saturated carbocycles. The minimum Gasteiger partial charge on any atom is -0.309 e. The van der Waals surface area contributed by atoms with Crippen LogP contribution >= 0.6 is 11.3 Å². The number of hydrogen-bond donors (Lipinski definition) is 1. The minimum atomic E-state index is 0.558. The van der Waals surface area contributed by atoms with Gasteiger partial charge < -0.3 is 5.32 Å². The predicted molar refractivity (Wildman–Crippen MR) is 65.1 cm³/mol. The summed E-state index contributed by atoms with van der Waals surface area (Å²) in [7, 11) is 0. The van der Waals surface area contributed by atoms with Gasteiger partial charge in [0.25, 0.3) is 0 Å². The van der Waals surface area contributed by atoms with Crippen LogP contribution < -0.4 is 5.32 Å². The number of hydrogen-bond acceptors (Lipinski definition) is 3. The Morgan fingerprint density at radius 3 is 3.00 bits per heavy atom. The van der Waals surface area contributed by atoms with E-state index in [4.69, 9.17) is 0 Å². The zero-order valence-electron chi connectivity index (χ0n) is 9.41. The normalized spacial score (nSPS) is 18.7. The molecule has 15 heavy (non-hydrogen) atoms. The summed E-state index contributed by atoms with van der Waals surface area (Å²) in [6, 6.07) is 0.558. The summed E-state index contributed by atoms with van der Waals surface area (Å²) in [5.74, 6) is 0.960. The molecule has 0 radical (unpaired) electrons. The molecule has 0 aromatic carbocycles. The van der Waals surface area contributed by atoms with E-state index >= 15 is 0 Å². The van der Waals surface area contributed by atoms with E-state index < -0.39 is 0 Å². The van der Waals surface area contributed by atoms with E-state index in [2.05, 4.69) is 17.2 Å². The molecule has 0 bridgehead atoms. The van der Waals surface area contributed by atoms with Gasteiger partial charge >= 0.3 is 0 Å². The van der Waals surface area contributed by atoms with Gasteiger partial charge in [0.05, 0.1) is 5.51 Å². The second-order valence-electron chi connectivity index (χ2n) is 4.44. The van der Waals surface area contributed by atoms with Crippen molar-refractivity contribution in [3.8, 4) is 0 Å². The Balaban J connectivity index is 1.89. The Hall–Kier alpha value is -0.410. The Kier molecular flexibility index (Phi) is 4.15. The van der Waals surface area contributed by atoms with Gasteiger partial charge in [-0.3, -0.25) is 4.98 Å². The smallest absolute Gasteiger partial charge is 0.0794 e. The zero-order chi connectivity index (χ0) is 10.5. The fraction of sp³-hybridized carbons (Fsp3) is 0.750. The lowest BCUT2D eigenvalue weighted by Crippen LogP contribution is -2.26. The van der Waals surface area contributed by atoms with Gasteiger partial charge in [-0.2, -0.15) is 0 Å². The second kappa shape index (κ2) is 5.61. The van der Waals surface area contributed by atoms with Crippen molar-refractivity contribution in [3.63, 3.8) is 0 Å². The number of nitrogens with zero attached hydrogens (tertiary/aromatic N) is 1. The molecule has 1 aliphatic rings. The number of thiazole rings is 1. The van der Waals surface area contributed by atoms with E-state index in [1.165, 1.54) is 37.0 Å². The molecule has 0 aliphatic heterocycles. The summed E-state index contributed by atoms with van der Waals surface area (Å²) in [5, 5.41) is 3.64. The number of nitrogens with one attached hydrogen (secondary N) is 1. The highest BCUT2D eigenvalue weighted by atomic mass is 32.1. The molecule has 84 valence electrons. The van der Waals surface area contributed by atoms with E-state index in [1.54, 1.807) is 11.3 Å². The van der Waals surface area contributed by atoms with Crippen LogP contribution in [0.1, 0.15) is 49.9 Å². The lowest BCUT2D eigenvalue weighted by molar-refractivity contribution is 0.262. The highest BCUT2D eigenvalue weighted by molar-refractivity contribution is 7.09. The topological polar surface area (TPSA) is 24.9 Å². The highest BCUT2D eigenvalue weighted by Gasteiger charge is 2.23. The lowest BCUT2D eigenvalue weighted by Gasteiger charge is -2.29. The molecule has 1 fully saturated rings. The van der Waals surface area contributed by atoms with Gasteiger partial charge in [-0.05, 0) is 25.3 Å². The summed E-state index contributed by atoms with van der Waals surface area (Å²) in [6.45, 7) is 3.34. The molecule has 1 N–H and O–H groups in total. The molecule has 2 nitrogen and oxygen atoms in total. The quantitative estimate of drug-likeness (QED) is 0.801. The van der Waals surface area contributed by atoms with Crippen molar-refractivity contribution in [2.24, 2.45) is 5.92 Å². The molecule has 1 unspecified atom stereocenters. The first-order valence-corrected chi connectivity index (χ1v) is 6.90. The van der Waals surface area contributed by atoms with Crippen molar-refractivity contribution in [2.75, 3.05) is 6.54 Å². The molecule has 3 heteroatoms. The average molecular weight is 224 g/mol. The van der Waals surface area contributed by atoms with Gasteiger partial charge in [-0.15, -0.1) is 11.3 Å². The van der Waals surface area contributed by atoms with Gasteiger partial charge in [-0.25, -0.2) is 0 Å². The average Bonchev–Trinajstić information content (AvgIpc) is 2.68. The van der Waals surface area contributed by atoms with E-state index in [0.29, 0.717) is 6.04 Å². The molecular formula is C12H20N2S. The van der Waals surface area contributed by atoms with Crippen molar-refractivity contribution >= 4 is 11.3 Å². The Bertz CT molecular complexity index is 267. The molecule has 0 spiro atoms. The first kappa shape index (κ1) is 11.1. The van der Waals surface area contributed by atoms with Gasteiger partial charge in [0.1, 0.15) is 0 Å². The summed E-state index contributed by atoms with van der Waals surface area (Å²) in [4.78, 5) is 5.59. The van der Waals surface area contributed by atoms with Crippen molar-refractivity contribution in [1.29, 1.82) is 0 Å². The van der Waals surface area contributed by atoms with Crippen LogP contribution in [0.5, 0.6) is 0 Å². The molecule has 1 heterocycles. The van der Waals surface area contributed by atoms with Crippen LogP contribution in [-0.2, 0) is 0 Å². The molecule has 1 aromatic heterocycles. The Labute approximate surface area is 96.1 Å². The molecule has 0 amide bonds. The first-order chi connectivity index (χ1) is 7.40. The molecule has 2 rings (SSSR count). The van der Waals surface area contributed by atoms with Crippen LogP contribution in [0.2, 0.25) is 0 Å². The van der Waals surface area contributed by atoms with E-state index in [9.17, 15) is 0 Å². The molecular weight excluding hydrogens is 204 g/mol. The summed E-state index contributed by atoms with van der Waals surface area (Å²) >= 11 is 1.78. The van der Waals surface area contributed by atoms with Crippen molar-refractivity contribution in [1.82, 2.24) is 10.3 Å². The van der Waals surface area contributed by atoms with Gasteiger partial charge in [-0.1, -0.05) is 26.2 Å². The van der Waals surface area contributed by atoms with E-state index in [-0.39, 0.29) is 0 Å². The van der Waals surface area contributed by atoms with Crippen molar-refractivity contribution in [2.45, 2.75) is 45.1 Å². The van der Waals surface area contributed by atoms with Gasteiger partial charge in [0, 0.05) is 17.1 Å². The molecule has 1 aliphatic carbocycles. The molecule has 0 saturated heterocycles. The maximum absolute atomic E-state index is 4.18. The van der Waals surface area contributed by atoms with E-state index in [1.807, 2.05) is 11.7 Å². The maximum Gasteiger partial charge on any atom is 0.0794 e. The number of rotatable bonds is 6. The fourth-order valence-corrected chi connectivity index (χ4v) is 2.79. The number of aromatic nitrogens is 1. The third-order valence-electron chi connectivity index (χ3n) is 3.23. The predicted octanol–water partition coefficient (Wildman–Crippen LogP) is 3.37. The van der Waals surface area contributed by atoms with Gasteiger partial charge in [0.2, 0.25) is 0 Å². The van der Waals surface area contributed by atoms with Crippen molar-refractivity contribution < 1.29 is 0 Å². The monoisotopic (exact) mass is 224 g/mol. The maximum atomic E-state index is 4.18. The Morgan fingerprint density at radius 2 is 2.47 bits per heavy atom. The molecule has 1 atom stereocenters. The van der Waals surface area contributed by atoms with Crippen LogP contribution in [-0.4, -0.2) is 11.5 Å². The lowest BCUT2D eigenvalue weighted by atomic mass is 9.80. The highest BCUT2D eigenvalue weighted by Crippen LogP contribution is 2.35. The Morgan fingerprint density at radius 1 is 1.60 bits per heavy atom. The van der Waals surface area contributed by atoms with Crippen LogP contribution in [0.4, 0.5) is 0 Å². The summed E-state index contributed by atoms with van der Waals surface area (Å²) in [5.41, 5.74) is 1.94. The van der Waals surface area contributed by atoms with Crippen LogP contribution in [0.3, 0.4) is 0 Å². The standard InChI is InChI=1S/C12H20N2S/c1-2-6-14-11(7-10-4-3-5-10)12-8-13-9-15-12/h8-11,14H,2-7H2,1H3. The van der Waals surface area contributed by atoms with E-state index in [0.717, 1.165) is 12.5 Å². The van der Waals surface area contributed by atoms with Crippen LogP contribution in [0, 0.1) is 5.92 Å². The van der Waals surface area contributed by atoms with Crippen LogP contribution in [0.15, 0.2) is 11.7 Å². The van der Waals surface area contributed by atoms with Gasteiger partial charge in [0.15, 0.2) is 0 Å². The van der Waals surface area contributed by atoms with Crippen LogP contribution in [0.25, 0.3) is 0 Å². The SMILES string of the molecule is CCCNC(CC1CCC1)c1cncs1. The minimum absolute atomic E-state index is 0.558. The van der Waals surface area contributed by atoms with Crippen molar-refractivity contribution in [3.05, 3.63) is 16.6 Å². The summed E-state index contributed by atoms with van der Waals surface area (Å²) in [6.07, 6.45) is 8.85. The molecule has 1 aromatic rings. The third kappa shape index (κ3) is 3.02.